The van der Waals surface area contributed by atoms with Crippen molar-refractivity contribution in [1.29, 1.82) is 0 Å². The molecule has 10 heteroatoms. The quantitative estimate of drug-likeness (QED) is 0.475. The Balaban J connectivity index is 2.15. The molecule has 3 atom stereocenters. The minimum atomic E-state index is -2.60. The van der Waals surface area contributed by atoms with Crippen LogP contribution in [-0.2, 0) is 15.9 Å². The van der Waals surface area contributed by atoms with E-state index in [1.807, 2.05) is 0 Å². The van der Waals surface area contributed by atoms with Gasteiger partial charge in [0.05, 0.1) is 36.6 Å². The number of ether oxygens (including phenoxy) is 2. The zero-order chi connectivity index (χ0) is 23.6. The van der Waals surface area contributed by atoms with E-state index in [0.717, 1.165) is 4.90 Å². The molecule has 0 saturated carbocycles. The van der Waals surface area contributed by atoms with Gasteiger partial charge in [-0.2, -0.15) is 0 Å². The molecule has 1 unspecified atom stereocenters. The summed E-state index contributed by atoms with van der Waals surface area (Å²) in [5, 5.41) is 1.43. The molecule has 9 nitrogen and oxygen atoms in total. The predicted molar refractivity (Wildman–Crippen MR) is 117 cm³/mol. The first-order chi connectivity index (χ1) is 15.2. The van der Waals surface area contributed by atoms with E-state index in [9.17, 15) is 23.1 Å². The summed E-state index contributed by atoms with van der Waals surface area (Å²) in [4.78, 5) is 39.1. The number of methoxy groups -OCH3 is 1. The Bertz CT molecular complexity index is 1100. The highest BCUT2D eigenvalue weighted by atomic mass is 32.2. The molecule has 0 aromatic heterocycles. The van der Waals surface area contributed by atoms with Crippen LogP contribution in [0.5, 0.6) is 11.5 Å². The number of rotatable bonds is 8. The molecular formula is C22H23N2O7S-. The second-order valence-corrected chi connectivity index (χ2v) is 8.41. The minimum Gasteiger partial charge on any atom is -0.772 e. The minimum absolute atomic E-state index is 0.0279. The summed E-state index contributed by atoms with van der Waals surface area (Å²) >= 11 is -2.60. The lowest BCUT2D eigenvalue weighted by Gasteiger charge is -2.33. The van der Waals surface area contributed by atoms with Gasteiger partial charge in [-0.25, -0.2) is 0 Å². The van der Waals surface area contributed by atoms with E-state index in [1.165, 1.54) is 33.1 Å². The van der Waals surface area contributed by atoms with Gasteiger partial charge in [-0.1, -0.05) is 12.1 Å². The Hall–Kier alpha value is -3.24. The van der Waals surface area contributed by atoms with Crippen LogP contribution in [0.2, 0.25) is 0 Å². The first-order valence-electron chi connectivity index (χ1n) is 9.88. The molecule has 0 bridgehead atoms. The summed E-state index contributed by atoms with van der Waals surface area (Å²) in [6, 6.07) is 8.15. The van der Waals surface area contributed by atoms with Gasteiger partial charge in [0.15, 0.2) is 11.5 Å². The molecule has 1 aliphatic heterocycles. The smallest absolute Gasteiger partial charge is 0.264 e. The van der Waals surface area contributed by atoms with Crippen molar-refractivity contribution in [2.24, 2.45) is 0 Å². The molecule has 1 N–H and O–H groups in total. The molecule has 2 aromatic carbocycles. The number of benzene rings is 2. The Morgan fingerprint density at radius 1 is 1.19 bits per heavy atom. The zero-order valence-corrected chi connectivity index (χ0v) is 18.9. The SMILES string of the molecule is CCOc1cc([C@@H]([C@H](C)S(=O)[O-])N2C(=O)c3cccc(NC(C)=O)c3C2=O)ccc1OC. The zero-order valence-electron chi connectivity index (χ0n) is 18.0. The third-order valence-electron chi connectivity index (χ3n) is 5.11. The van der Waals surface area contributed by atoms with Gasteiger partial charge in [0.1, 0.15) is 0 Å². The standard InChI is InChI=1S/C22H24N2O7S/c1-5-31-18-11-14(9-10-17(18)30-4)20(12(2)32(28)29)24-21(26)15-7-6-8-16(23-13(3)25)19(15)22(24)27/h6-12,20H,5H2,1-4H3,(H,23,25)(H,28,29)/p-1/t12-,20+/m0/s1. The maximum Gasteiger partial charge on any atom is 0.264 e. The highest BCUT2D eigenvalue weighted by Gasteiger charge is 2.44. The first-order valence-corrected chi connectivity index (χ1v) is 11.0. The number of imide groups is 1. The van der Waals surface area contributed by atoms with E-state index in [0.29, 0.717) is 23.7 Å². The van der Waals surface area contributed by atoms with Gasteiger partial charge in [0.2, 0.25) is 5.91 Å². The number of anilines is 1. The van der Waals surface area contributed by atoms with Crippen LogP contribution in [0, 0.1) is 0 Å². The van der Waals surface area contributed by atoms with Crippen LogP contribution in [-0.4, -0.2) is 50.3 Å². The summed E-state index contributed by atoms with van der Waals surface area (Å²) < 4.78 is 34.7. The number of nitrogens with one attached hydrogen (secondary N) is 1. The third-order valence-corrected chi connectivity index (χ3v) is 5.98. The Morgan fingerprint density at radius 3 is 2.50 bits per heavy atom. The van der Waals surface area contributed by atoms with Crippen LogP contribution in [0.1, 0.15) is 53.1 Å². The van der Waals surface area contributed by atoms with Crippen LogP contribution >= 0.6 is 0 Å². The molecule has 0 radical (unpaired) electrons. The molecule has 1 heterocycles. The number of amides is 3. The van der Waals surface area contributed by atoms with E-state index in [2.05, 4.69) is 5.32 Å². The predicted octanol–water partition coefficient (Wildman–Crippen LogP) is 2.66. The van der Waals surface area contributed by atoms with Crippen molar-refractivity contribution in [2.75, 3.05) is 19.0 Å². The Labute approximate surface area is 188 Å². The van der Waals surface area contributed by atoms with Gasteiger partial charge in [-0.05, 0) is 54.8 Å². The second kappa shape index (κ2) is 9.49. The summed E-state index contributed by atoms with van der Waals surface area (Å²) in [5.41, 5.74) is 0.700. The fourth-order valence-electron chi connectivity index (χ4n) is 3.73. The number of carbonyl (C=O) groups is 3. The van der Waals surface area contributed by atoms with Crippen LogP contribution in [0.4, 0.5) is 5.69 Å². The lowest BCUT2D eigenvalue weighted by atomic mass is 10.0. The molecule has 3 rings (SSSR count). The van der Waals surface area contributed by atoms with Gasteiger partial charge in [0.25, 0.3) is 11.8 Å². The second-order valence-electron chi connectivity index (χ2n) is 7.14. The van der Waals surface area contributed by atoms with Crippen molar-refractivity contribution in [3.05, 3.63) is 53.1 Å². The maximum atomic E-state index is 13.4. The maximum absolute atomic E-state index is 13.4. The van der Waals surface area contributed by atoms with Crippen LogP contribution < -0.4 is 14.8 Å². The molecule has 0 saturated heterocycles. The monoisotopic (exact) mass is 459 g/mol. The summed E-state index contributed by atoms with van der Waals surface area (Å²) in [5.74, 6) is -0.949. The molecule has 3 amide bonds. The van der Waals surface area contributed by atoms with Crippen molar-refractivity contribution in [2.45, 2.75) is 32.1 Å². The van der Waals surface area contributed by atoms with Crippen molar-refractivity contribution in [3.8, 4) is 11.5 Å². The summed E-state index contributed by atoms with van der Waals surface area (Å²) in [6.45, 7) is 4.82. The average molecular weight is 460 g/mol. The number of carbonyl (C=O) groups excluding carboxylic acids is 3. The van der Waals surface area contributed by atoms with Crippen LogP contribution in [0.3, 0.4) is 0 Å². The molecule has 170 valence electrons. The van der Waals surface area contributed by atoms with E-state index in [4.69, 9.17) is 9.47 Å². The summed E-state index contributed by atoms with van der Waals surface area (Å²) in [6.07, 6.45) is 0. The highest BCUT2D eigenvalue weighted by Crippen LogP contribution is 2.40. The lowest BCUT2D eigenvalue weighted by Crippen LogP contribution is -2.41. The summed E-state index contributed by atoms with van der Waals surface area (Å²) in [7, 11) is 1.47. The number of hydrogen-bond donors (Lipinski definition) is 1. The molecule has 1 aliphatic rings. The highest BCUT2D eigenvalue weighted by molar-refractivity contribution is 7.79. The van der Waals surface area contributed by atoms with Crippen LogP contribution in [0.15, 0.2) is 36.4 Å². The molecule has 32 heavy (non-hydrogen) atoms. The molecule has 0 aliphatic carbocycles. The fourth-order valence-corrected chi connectivity index (χ4v) is 4.22. The van der Waals surface area contributed by atoms with Gasteiger partial charge >= 0.3 is 0 Å². The lowest BCUT2D eigenvalue weighted by molar-refractivity contribution is -0.114. The van der Waals surface area contributed by atoms with Crippen molar-refractivity contribution in [1.82, 2.24) is 4.90 Å². The van der Waals surface area contributed by atoms with Gasteiger partial charge in [-0.15, -0.1) is 0 Å². The fraction of sp³-hybridized carbons (Fsp3) is 0.318. The molecule has 2 aromatic rings. The topological polar surface area (TPSA) is 125 Å². The number of hydrogen-bond acceptors (Lipinski definition) is 7. The van der Waals surface area contributed by atoms with Gasteiger partial charge in [0, 0.05) is 12.2 Å². The molecule has 0 spiro atoms. The van der Waals surface area contributed by atoms with E-state index >= 15 is 0 Å². The third kappa shape index (κ3) is 4.23. The Morgan fingerprint density at radius 2 is 1.91 bits per heavy atom. The number of fused-ring (bicyclic) bond motifs is 1. The average Bonchev–Trinajstić information content (AvgIpc) is 3.00. The number of nitrogens with zero attached hydrogens (tertiary/aromatic N) is 1. The van der Waals surface area contributed by atoms with Crippen molar-refractivity contribution < 1.29 is 32.6 Å². The van der Waals surface area contributed by atoms with E-state index in [1.54, 1.807) is 31.2 Å². The Kier molecular flexibility index (Phi) is 6.95. The van der Waals surface area contributed by atoms with Crippen LogP contribution in [0.25, 0.3) is 0 Å². The van der Waals surface area contributed by atoms with Crippen molar-refractivity contribution in [3.63, 3.8) is 0 Å². The van der Waals surface area contributed by atoms with Gasteiger partial charge < -0.3 is 19.3 Å². The normalized spacial score (nSPS) is 15.7. The first kappa shape index (κ1) is 23.4. The van der Waals surface area contributed by atoms with E-state index in [-0.39, 0.29) is 16.8 Å². The molecular weight excluding hydrogens is 436 g/mol. The molecule has 0 fully saturated rings. The van der Waals surface area contributed by atoms with Gasteiger partial charge in [-0.3, -0.25) is 23.5 Å². The van der Waals surface area contributed by atoms with Crippen molar-refractivity contribution >= 4 is 34.5 Å². The van der Waals surface area contributed by atoms with E-state index < -0.39 is 40.1 Å². The largest absolute Gasteiger partial charge is 0.772 e.